The number of halogens is 1. The molecule has 0 aromatic rings. The van der Waals surface area contributed by atoms with Crippen LogP contribution in [-0.2, 0) is 14.3 Å². The van der Waals surface area contributed by atoms with Crippen LogP contribution in [0.4, 0.5) is 0 Å². The predicted molar refractivity (Wildman–Crippen MR) is 72.6 cm³/mol. The third-order valence-electron chi connectivity index (χ3n) is 2.09. The summed E-state index contributed by atoms with van der Waals surface area (Å²) in [6.07, 6.45) is 0.636. The number of carbonyl (C=O) groups is 2. The highest BCUT2D eigenvalue weighted by Crippen LogP contribution is 2.40. The van der Waals surface area contributed by atoms with E-state index in [0.717, 1.165) is 11.8 Å². The summed E-state index contributed by atoms with van der Waals surface area (Å²) in [5.41, 5.74) is 0. The Morgan fingerprint density at radius 2 is 2.28 bits per heavy atom. The van der Waals surface area contributed by atoms with E-state index in [-0.39, 0.29) is 11.6 Å². The Labute approximate surface area is 115 Å². The molecule has 1 unspecified atom stereocenters. The van der Waals surface area contributed by atoms with Gasteiger partial charge in [-0.05, 0) is 21.0 Å². The molecule has 0 aromatic carbocycles. The van der Waals surface area contributed by atoms with E-state index in [9.17, 15) is 9.59 Å². The Morgan fingerprint density at radius 3 is 2.78 bits per heavy atom. The Morgan fingerprint density at radius 1 is 1.61 bits per heavy atom. The van der Waals surface area contributed by atoms with E-state index in [1.807, 2.05) is 19.0 Å². The number of allylic oxidation sites excluding steroid dienone is 1. The maximum absolute atomic E-state index is 11.8. The van der Waals surface area contributed by atoms with E-state index in [2.05, 4.69) is 4.99 Å². The van der Waals surface area contributed by atoms with Gasteiger partial charge in [-0.1, -0.05) is 23.4 Å². The van der Waals surface area contributed by atoms with Gasteiger partial charge in [0.05, 0.1) is 28.3 Å². The van der Waals surface area contributed by atoms with Crippen LogP contribution in [0.3, 0.4) is 0 Å². The Balaban J connectivity index is 2.96. The largest absolute Gasteiger partial charge is 0.465 e. The van der Waals surface area contributed by atoms with Gasteiger partial charge in [0, 0.05) is 0 Å². The van der Waals surface area contributed by atoms with Crippen molar-refractivity contribution in [2.45, 2.75) is 6.92 Å². The van der Waals surface area contributed by atoms with Crippen molar-refractivity contribution in [3.05, 3.63) is 9.94 Å². The second-order valence-electron chi connectivity index (χ2n) is 3.83. The van der Waals surface area contributed by atoms with Crippen LogP contribution < -0.4 is 0 Å². The molecular weight excluding hydrogens is 276 g/mol. The molecule has 0 aliphatic carbocycles. The molecule has 0 radical (unpaired) electrons. The summed E-state index contributed by atoms with van der Waals surface area (Å²) < 4.78 is 4.94. The minimum absolute atomic E-state index is 0.200. The van der Waals surface area contributed by atoms with Crippen LogP contribution >= 0.6 is 23.4 Å². The van der Waals surface area contributed by atoms with Crippen molar-refractivity contribution in [1.82, 2.24) is 4.90 Å². The molecule has 1 heterocycles. The topological polar surface area (TPSA) is 59.0 Å². The quantitative estimate of drug-likeness (QED) is 0.567. The fraction of sp³-hybridized carbons (Fsp3) is 0.545. The normalized spacial score (nSPS) is 21.8. The van der Waals surface area contributed by atoms with Crippen molar-refractivity contribution >= 4 is 40.7 Å². The van der Waals surface area contributed by atoms with Crippen molar-refractivity contribution in [3.63, 3.8) is 0 Å². The number of hydrogen-bond acceptors (Lipinski definition) is 6. The van der Waals surface area contributed by atoms with Gasteiger partial charge in [-0.2, -0.15) is 0 Å². The maximum atomic E-state index is 11.8. The molecule has 100 valence electrons. The lowest BCUT2D eigenvalue weighted by Gasteiger charge is -2.11. The van der Waals surface area contributed by atoms with Crippen LogP contribution in [-0.4, -0.2) is 49.6 Å². The minimum Gasteiger partial charge on any atom is -0.465 e. The van der Waals surface area contributed by atoms with Gasteiger partial charge in [-0.25, -0.2) is 0 Å². The lowest BCUT2D eigenvalue weighted by atomic mass is 10.1. The first kappa shape index (κ1) is 15.2. The van der Waals surface area contributed by atoms with Gasteiger partial charge in [0.2, 0.25) is 0 Å². The average molecular weight is 291 g/mol. The summed E-state index contributed by atoms with van der Waals surface area (Å²) in [4.78, 5) is 29.1. The first-order valence-electron chi connectivity index (χ1n) is 5.39. The number of rotatable bonds is 5. The molecule has 1 aliphatic rings. The highest BCUT2D eigenvalue weighted by molar-refractivity contribution is 8.18. The molecule has 5 nitrogen and oxygen atoms in total. The summed E-state index contributed by atoms with van der Waals surface area (Å²) in [6, 6.07) is 0. The van der Waals surface area contributed by atoms with Crippen molar-refractivity contribution in [2.75, 3.05) is 27.4 Å². The summed E-state index contributed by atoms with van der Waals surface area (Å²) >= 11 is 7.14. The predicted octanol–water partition coefficient (Wildman–Crippen LogP) is 1.48. The first-order chi connectivity index (χ1) is 8.51. The molecule has 0 spiro atoms. The van der Waals surface area contributed by atoms with Gasteiger partial charge in [-0.3, -0.25) is 19.5 Å². The summed E-state index contributed by atoms with van der Waals surface area (Å²) in [7, 11) is 3.72. The SMILES string of the molecule is CCOC(=O)C1C(Cl)=C(C=O)S/C1=N\CN(C)C. The van der Waals surface area contributed by atoms with Gasteiger partial charge in [0.15, 0.2) is 6.29 Å². The van der Waals surface area contributed by atoms with Gasteiger partial charge in [-0.15, -0.1) is 0 Å². The number of aldehydes is 1. The lowest BCUT2D eigenvalue weighted by Crippen LogP contribution is -2.23. The average Bonchev–Trinajstić information content (AvgIpc) is 2.63. The van der Waals surface area contributed by atoms with Crippen LogP contribution in [0.2, 0.25) is 0 Å². The number of nitrogens with zero attached hydrogens (tertiary/aromatic N) is 2. The molecule has 0 fully saturated rings. The van der Waals surface area contributed by atoms with Crippen molar-refractivity contribution in [1.29, 1.82) is 0 Å². The van der Waals surface area contributed by atoms with E-state index >= 15 is 0 Å². The first-order valence-corrected chi connectivity index (χ1v) is 6.59. The van der Waals surface area contributed by atoms with E-state index < -0.39 is 11.9 Å². The van der Waals surface area contributed by atoms with Crippen molar-refractivity contribution < 1.29 is 14.3 Å². The maximum Gasteiger partial charge on any atom is 0.321 e. The van der Waals surface area contributed by atoms with E-state index in [1.54, 1.807) is 6.92 Å². The van der Waals surface area contributed by atoms with Crippen LogP contribution in [0.25, 0.3) is 0 Å². The molecule has 0 saturated carbocycles. The number of carbonyl (C=O) groups excluding carboxylic acids is 2. The zero-order valence-corrected chi connectivity index (χ0v) is 12.0. The van der Waals surface area contributed by atoms with Crippen LogP contribution in [0.5, 0.6) is 0 Å². The fourth-order valence-electron chi connectivity index (χ4n) is 1.32. The molecule has 0 saturated heterocycles. The fourth-order valence-corrected chi connectivity index (χ4v) is 2.68. The third-order valence-corrected chi connectivity index (χ3v) is 3.73. The molecular formula is C11H15ClN2O3S. The number of ether oxygens (including phenoxy) is 1. The molecule has 1 atom stereocenters. The number of thioether (sulfide) groups is 1. The molecule has 0 bridgehead atoms. The summed E-state index contributed by atoms with van der Waals surface area (Å²) in [5, 5.41) is 0.709. The molecule has 1 rings (SSSR count). The Bertz CT molecular complexity index is 407. The van der Waals surface area contributed by atoms with Gasteiger partial charge in [0.1, 0.15) is 5.92 Å². The standard InChI is InChI=1S/C11H15ClN2O3S/c1-4-17-11(16)8-9(12)7(5-15)18-10(8)13-6-14(2)3/h5,8H,4,6H2,1-3H3/b13-10-. The van der Waals surface area contributed by atoms with Gasteiger partial charge >= 0.3 is 5.97 Å². The van der Waals surface area contributed by atoms with E-state index in [4.69, 9.17) is 16.3 Å². The highest BCUT2D eigenvalue weighted by atomic mass is 35.5. The monoisotopic (exact) mass is 290 g/mol. The molecule has 0 N–H and O–H groups in total. The second kappa shape index (κ2) is 6.92. The summed E-state index contributed by atoms with van der Waals surface area (Å²) in [6.45, 7) is 2.41. The molecule has 7 heteroatoms. The molecule has 0 amide bonds. The smallest absolute Gasteiger partial charge is 0.321 e. The Kier molecular flexibility index (Phi) is 5.84. The van der Waals surface area contributed by atoms with E-state index in [0.29, 0.717) is 22.9 Å². The van der Waals surface area contributed by atoms with Gasteiger partial charge in [0.25, 0.3) is 0 Å². The third kappa shape index (κ3) is 3.57. The van der Waals surface area contributed by atoms with Crippen molar-refractivity contribution in [2.24, 2.45) is 10.9 Å². The zero-order chi connectivity index (χ0) is 13.7. The minimum atomic E-state index is -0.753. The molecule has 0 aromatic heterocycles. The number of hydrogen-bond donors (Lipinski definition) is 0. The van der Waals surface area contributed by atoms with Crippen LogP contribution in [0, 0.1) is 5.92 Å². The van der Waals surface area contributed by atoms with E-state index in [1.165, 1.54) is 0 Å². The molecule has 18 heavy (non-hydrogen) atoms. The molecule has 1 aliphatic heterocycles. The second-order valence-corrected chi connectivity index (χ2v) is 5.30. The Hall–Kier alpha value is -0.850. The number of esters is 1. The van der Waals surface area contributed by atoms with Crippen LogP contribution in [0.1, 0.15) is 6.92 Å². The number of aliphatic imine (C=N–C) groups is 1. The van der Waals surface area contributed by atoms with Crippen molar-refractivity contribution in [3.8, 4) is 0 Å². The highest BCUT2D eigenvalue weighted by Gasteiger charge is 2.38. The zero-order valence-electron chi connectivity index (χ0n) is 10.5. The summed E-state index contributed by atoms with van der Waals surface area (Å²) in [5.74, 6) is -1.22. The van der Waals surface area contributed by atoms with Gasteiger partial charge < -0.3 is 4.74 Å². The lowest BCUT2D eigenvalue weighted by molar-refractivity contribution is -0.144. The van der Waals surface area contributed by atoms with Crippen LogP contribution in [0.15, 0.2) is 14.9 Å².